The van der Waals surface area contributed by atoms with Crippen molar-refractivity contribution in [2.24, 2.45) is 0 Å². The summed E-state index contributed by atoms with van der Waals surface area (Å²) in [6, 6.07) is 1.70. The van der Waals surface area contributed by atoms with Gasteiger partial charge in [0.1, 0.15) is 6.29 Å². The Morgan fingerprint density at radius 3 is 3.12 bits per heavy atom. The van der Waals surface area contributed by atoms with Gasteiger partial charge in [0.25, 0.3) is 0 Å². The summed E-state index contributed by atoms with van der Waals surface area (Å²) in [6.07, 6.45) is 5.16. The van der Waals surface area contributed by atoms with Gasteiger partial charge in [-0.3, -0.25) is 0 Å². The molecule has 1 aromatic heterocycles. The highest BCUT2D eigenvalue weighted by Crippen LogP contribution is 2.25. The van der Waals surface area contributed by atoms with E-state index in [0.717, 1.165) is 36.9 Å². The molecule has 84 valence electrons. The van der Waals surface area contributed by atoms with Gasteiger partial charge in [0, 0.05) is 24.7 Å². The highest BCUT2D eigenvalue weighted by atomic mass is 19.1. The third kappa shape index (κ3) is 2.17. The largest absolute Gasteiger partial charge is 0.313 e. The van der Waals surface area contributed by atoms with E-state index in [1.54, 1.807) is 6.07 Å². The maximum Gasteiger partial charge on any atom is 0.220 e. The number of hydrogen-bond donors (Lipinski definition) is 1. The molecule has 0 spiro atoms. The maximum absolute atomic E-state index is 13.7. The third-order valence-electron chi connectivity index (χ3n) is 2.68. The Morgan fingerprint density at radius 1 is 1.56 bits per heavy atom. The maximum atomic E-state index is 13.7. The molecule has 0 saturated heterocycles. The van der Waals surface area contributed by atoms with Gasteiger partial charge in [-0.2, -0.15) is 4.39 Å². The number of rotatable bonds is 3. The minimum atomic E-state index is -0.479. The fourth-order valence-electron chi connectivity index (χ4n) is 1.92. The van der Waals surface area contributed by atoms with E-state index in [4.69, 9.17) is 0 Å². The van der Waals surface area contributed by atoms with Gasteiger partial charge in [0.15, 0.2) is 0 Å². The lowest BCUT2D eigenvalue weighted by molar-refractivity contribution is -0.107. The van der Waals surface area contributed by atoms with Crippen LogP contribution in [0.15, 0.2) is 18.3 Å². The predicted molar refractivity (Wildman–Crippen MR) is 59.4 cm³/mol. The summed E-state index contributed by atoms with van der Waals surface area (Å²) in [5, 5.41) is 3.17. The van der Waals surface area contributed by atoms with E-state index < -0.39 is 5.95 Å². The minimum Gasteiger partial charge on any atom is -0.313 e. The van der Waals surface area contributed by atoms with Crippen LogP contribution in [0.4, 0.5) is 4.39 Å². The number of halogens is 1. The van der Waals surface area contributed by atoms with Gasteiger partial charge in [-0.1, -0.05) is 6.08 Å². The van der Waals surface area contributed by atoms with E-state index in [0.29, 0.717) is 5.56 Å². The molecule has 0 bridgehead atoms. The Balaban J connectivity index is 2.44. The number of aromatic nitrogens is 1. The Bertz CT molecular complexity index is 429. The molecule has 2 heterocycles. The van der Waals surface area contributed by atoms with Crippen LogP contribution in [0.1, 0.15) is 17.5 Å². The van der Waals surface area contributed by atoms with E-state index in [1.807, 2.05) is 6.08 Å². The first kappa shape index (κ1) is 11.0. The standard InChI is InChI=1S/C12H13FN2O/c13-12-11(9-1-5-14-6-2-9)10(4-8-16)3-7-15-12/h1,3,7-8,14H,2,4-6H2. The fraction of sp³-hybridized carbons (Fsp3) is 0.333. The highest BCUT2D eigenvalue weighted by Gasteiger charge is 2.15. The first-order valence-electron chi connectivity index (χ1n) is 5.30. The molecule has 0 aliphatic carbocycles. The van der Waals surface area contributed by atoms with Crippen molar-refractivity contribution in [2.75, 3.05) is 13.1 Å². The van der Waals surface area contributed by atoms with Gasteiger partial charge in [-0.25, -0.2) is 4.98 Å². The number of aldehydes is 1. The molecule has 0 fully saturated rings. The summed E-state index contributed by atoms with van der Waals surface area (Å²) in [4.78, 5) is 14.2. The summed E-state index contributed by atoms with van der Waals surface area (Å²) < 4.78 is 13.7. The average molecular weight is 220 g/mol. The van der Waals surface area contributed by atoms with Gasteiger partial charge in [-0.15, -0.1) is 0 Å². The highest BCUT2D eigenvalue weighted by molar-refractivity contribution is 5.71. The van der Waals surface area contributed by atoms with Gasteiger partial charge >= 0.3 is 0 Å². The smallest absolute Gasteiger partial charge is 0.220 e. The zero-order valence-electron chi connectivity index (χ0n) is 8.87. The molecular weight excluding hydrogens is 207 g/mol. The van der Waals surface area contributed by atoms with Crippen LogP contribution in [0.25, 0.3) is 5.57 Å². The molecule has 1 aliphatic rings. The Kier molecular flexibility index (Phi) is 3.41. The lowest BCUT2D eigenvalue weighted by Gasteiger charge is -2.16. The molecule has 1 aliphatic heterocycles. The minimum absolute atomic E-state index is 0.236. The predicted octanol–water partition coefficient (Wildman–Crippen LogP) is 1.34. The molecular formula is C12H13FN2O. The lowest BCUT2D eigenvalue weighted by Crippen LogP contribution is -2.21. The quantitative estimate of drug-likeness (QED) is 0.617. The Labute approximate surface area is 93.4 Å². The number of nitrogens with zero attached hydrogens (tertiary/aromatic N) is 1. The number of pyridine rings is 1. The van der Waals surface area contributed by atoms with Crippen molar-refractivity contribution in [3.63, 3.8) is 0 Å². The van der Waals surface area contributed by atoms with Crippen molar-refractivity contribution in [1.29, 1.82) is 0 Å². The van der Waals surface area contributed by atoms with Crippen molar-refractivity contribution in [1.82, 2.24) is 10.3 Å². The molecule has 3 nitrogen and oxygen atoms in total. The summed E-state index contributed by atoms with van der Waals surface area (Å²) in [5.41, 5.74) is 2.17. The fourth-order valence-corrected chi connectivity index (χ4v) is 1.92. The van der Waals surface area contributed by atoms with Crippen molar-refractivity contribution < 1.29 is 9.18 Å². The number of carbonyl (C=O) groups is 1. The van der Waals surface area contributed by atoms with Gasteiger partial charge in [0.05, 0.1) is 0 Å². The van der Waals surface area contributed by atoms with Crippen molar-refractivity contribution in [3.05, 3.63) is 35.4 Å². The Morgan fingerprint density at radius 2 is 2.44 bits per heavy atom. The second kappa shape index (κ2) is 4.99. The molecule has 16 heavy (non-hydrogen) atoms. The van der Waals surface area contributed by atoms with E-state index in [2.05, 4.69) is 10.3 Å². The molecule has 4 heteroatoms. The van der Waals surface area contributed by atoms with Crippen molar-refractivity contribution >= 4 is 11.9 Å². The normalized spacial score (nSPS) is 15.7. The summed E-state index contributed by atoms with van der Waals surface area (Å²) in [7, 11) is 0. The molecule has 0 atom stereocenters. The molecule has 1 N–H and O–H groups in total. The molecule has 0 aromatic carbocycles. The van der Waals surface area contributed by atoms with Crippen molar-refractivity contribution in [2.45, 2.75) is 12.8 Å². The number of carbonyl (C=O) groups excluding carboxylic acids is 1. The van der Waals surface area contributed by atoms with Crippen LogP contribution in [0.3, 0.4) is 0 Å². The van der Waals surface area contributed by atoms with Gasteiger partial charge < -0.3 is 10.1 Å². The lowest BCUT2D eigenvalue weighted by atomic mass is 9.96. The molecule has 2 rings (SSSR count). The van der Waals surface area contributed by atoms with E-state index in [1.165, 1.54) is 6.20 Å². The number of hydrogen-bond acceptors (Lipinski definition) is 3. The summed E-state index contributed by atoms with van der Waals surface area (Å²) in [6.45, 7) is 1.57. The van der Waals surface area contributed by atoms with Crippen LogP contribution < -0.4 is 5.32 Å². The molecule has 0 unspecified atom stereocenters. The first-order valence-corrected chi connectivity index (χ1v) is 5.30. The van der Waals surface area contributed by atoms with Gasteiger partial charge in [-0.05, 0) is 30.2 Å². The monoisotopic (exact) mass is 220 g/mol. The van der Waals surface area contributed by atoms with Crippen LogP contribution in [-0.2, 0) is 11.2 Å². The van der Waals surface area contributed by atoms with E-state index in [9.17, 15) is 9.18 Å². The molecule has 0 amide bonds. The summed E-state index contributed by atoms with van der Waals surface area (Å²) in [5.74, 6) is -0.479. The van der Waals surface area contributed by atoms with Gasteiger partial charge in [0.2, 0.25) is 5.95 Å². The van der Waals surface area contributed by atoms with Crippen molar-refractivity contribution in [3.8, 4) is 0 Å². The molecule has 0 saturated carbocycles. The molecule has 0 radical (unpaired) electrons. The second-order valence-corrected chi connectivity index (χ2v) is 3.69. The SMILES string of the molecule is O=CCc1ccnc(F)c1C1=CCNCC1. The average Bonchev–Trinajstić information content (AvgIpc) is 2.31. The van der Waals surface area contributed by atoms with E-state index >= 15 is 0 Å². The summed E-state index contributed by atoms with van der Waals surface area (Å²) >= 11 is 0. The van der Waals surface area contributed by atoms with Crippen LogP contribution in [0.5, 0.6) is 0 Å². The van der Waals surface area contributed by atoms with Crippen LogP contribution in [0.2, 0.25) is 0 Å². The molecule has 1 aromatic rings. The number of nitrogens with one attached hydrogen (secondary N) is 1. The zero-order valence-corrected chi connectivity index (χ0v) is 8.87. The first-order chi connectivity index (χ1) is 7.83. The van der Waals surface area contributed by atoms with Crippen LogP contribution >= 0.6 is 0 Å². The Hall–Kier alpha value is -1.55. The van der Waals surface area contributed by atoms with Crippen LogP contribution in [-0.4, -0.2) is 24.4 Å². The second-order valence-electron chi connectivity index (χ2n) is 3.69. The van der Waals surface area contributed by atoms with E-state index in [-0.39, 0.29) is 6.42 Å². The zero-order chi connectivity index (χ0) is 11.4. The van der Waals surface area contributed by atoms with Crippen LogP contribution in [0, 0.1) is 5.95 Å². The topological polar surface area (TPSA) is 42.0 Å². The third-order valence-corrected chi connectivity index (χ3v) is 2.68.